The third kappa shape index (κ3) is 4.96. The van der Waals surface area contributed by atoms with Crippen molar-refractivity contribution < 1.29 is 26.7 Å². The first kappa shape index (κ1) is 23.4. The van der Waals surface area contributed by atoms with Gasteiger partial charge in [0.05, 0.1) is 27.7 Å². The van der Waals surface area contributed by atoms with Crippen molar-refractivity contribution in [2.24, 2.45) is 5.14 Å². The Morgan fingerprint density at radius 3 is 2.33 bits per heavy atom. The van der Waals surface area contributed by atoms with Crippen LogP contribution in [0.25, 0.3) is 21.7 Å². The molecule has 0 saturated carbocycles. The predicted octanol–water partition coefficient (Wildman–Crippen LogP) is 3.65. The number of carbonyl (C=O) groups excluding carboxylic acids is 1. The van der Waals surface area contributed by atoms with Crippen LogP contribution in [0.3, 0.4) is 0 Å². The van der Waals surface area contributed by atoms with Gasteiger partial charge in [0.2, 0.25) is 10.0 Å². The van der Waals surface area contributed by atoms with Gasteiger partial charge in [-0.25, -0.2) is 27.3 Å². The molecule has 2 heterocycles. The van der Waals surface area contributed by atoms with Gasteiger partial charge in [-0.1, -0.05) is 12.1 Å². The first-order valence-electron chi connectivity index (χ1n) is 10.1. The van der Waals surface area contributed by atoms with E-state index in [1.54, 1.807) is 4.90 Å². The van der Waals surface area contributed by atoms with Crippen LogP contribution in [0.2, 0.25) is 0 Å². The molecule has 174 valence electrons. The fraction of sp³-hybridized carbons (Fsp3) is 0.273. The minimum Gasteiger partial charge on any atom is -0.372 e. The number of amides is 1. The summed E-state index contributed by atoms with van der Waals surface area (Å²) in [5.41, 5.74) is 0.709. The van der Waals surface area contributed by atoms with E-state index in [0.29, 0.717) is 23.5 Å². The Balaban J connectivity index is 1.81. The first-order chi connectivity index (χ1) is 15.5. The Morgan fingerprint density at radius 1 is 1.12 bits per heavy atom. The van der Waals surface area contributed by atoms with Crippen LogP contribution < -0.4 is 5.14 Å². The molecule has 0 aliphatic carbocycles. The summed E-state index contributed by atoms with van der Waals surface area (Å²) in [6.45, 7) is 4.52. The van der Waals surface area contributed by atoms with E-state index in [1.807, 2.05) is 13.8 Å². The van der Waals surface area contributed by atoms with Gasteiger partial charge in [-0.2, -0.15) is 0 Å². The molecule has 3 aromatic rings. The van der Waals surface area contributed by atoms with E-state index < -0.39 is 21.7 Å². The van der Waals surface area contributed by atoms with Gasteiger partial charge in [0.1, 0.15) is 11.6 Å². The average molecular weight is 494 g/mol. The molecular formula is C22H21F2N3O4S2. The summed E-state index contributed by atoms with van der Waals surface area (Å²) in [6.07, 6.45) is -0.284. The largest absolute Gasteiger partial charge is 0.372 e. The van der Waals surface area contributed by atoms with Crippen LogP contribution in [0.5, 0.6) is 0 Å². The predicted molar refractivity (Wildman–Crippen MR) is 120 cm³/mol. The highest BCUT2D eigenvalue weighted by atomic mass is 32.2. The highest BCUT2D eigenvalue weighted by Gasteiger charge is 2.30. The van der Waals surface area contributed by atoms with Gasteiger partial charge in [-0.15, -0.1) is 11.3 Å². The molecule has 0 spiro atoms. The van der Waals surface area contributed by atoms with E-state index in [9.17, 15) is 22.0 Å². The maximum Gasteiger partial charge on any atom is 0.283 e. The van der Waals surface area contributed by atoms with Crippen molar-refractivity contribution >= 4 is 27.3 Å². The lowest BCUT2D eigenvalue weighted by Gasteiger charge is -2.34. The fourth-order valence-corrected chi connectivity index (χ4v) is 5.31. The number of ether oxygens (including phenoxy) is 1. The summed E-state index contributed by atoms with van der Waals surface area (Å²) in [7, 11) is -3.90. The van der Waals surface area contributed by atoms with E-state index in [0.717, 1.165) is 23.5 Å². The zero-order valence-corrected chi connectivity index (χ0v) is 19.4. The van der Waals surface area contributed by atoms with Gasteiger partial charge in [0.15, 0.2) is 5.01 Å². The van der Waals surface area contributed by atoms with Crippen LogP contribution in [-0.4, -0.2) is 49.5 Å². The van der Waals surface area contributed by atoms with Crippen molar-refractivity contribution in [1.29, 1.82) is 0 Å². The van der Waals surface area contributed by atoms with Gasteiger partial charge >= 0.3 is 0 Å². The van der Waals surface area contributed by atoms with Crippen LogP contribution in [0.4, 0.5) is 8.78 Å². The summed E-state index contributed by atoms with van der Waals surface area (Å²) in [4.78, 5) is 19.6. The maximum absolute atomic E-state index is 14.6. The van der Waals surface area contributed by atoms with E-state index in [1.165, 1.54) is 30.3 Å². The quantitative estimate of drug-likeness (QED) is 0.598. The lowest BCUT2D eigenvalue weighted by molar-refractivity contribution is -0.0586. The van der Waals surface area contributed by atoms with Gasteiger partial charge in [0.25, 0.3) is 5.91 Å². The molecule has 7 nitrogen and oxygen atoms in total. The molecule has 2 N–H and O–H groups in total. The van der Waals surface area contributed by atoms with E-state index in [2.05, 4.69) is 4.98 Å². The van der Waals surface area contributed by atoms with Crippen LogP contribution in [0.15, 0.2) is 47.4 Å². The number of thiazole rings is 1. The van der Waals surface area contributed by atoms with E-state index in [-0.39, 0.29) is 39.3 Å². The third-order valence-corrected chi connectivity index (χ3v) is 7.17. The molecule has 1 aliphatic heterocycles. The second kappa shape index (κ2) is 8.90. The summed E-state index contributed by atoms with van der Waals surface area (Å²) in [6, 6.07) is 8.77. The van der Waals surface area contributed by atoms with Crippen LogP contribution in [0, 0.1) is 11.6 Å². The second-order valence-electron chi connectivity index (χ2n) is 7.86. The van der Waals surface area contributed by atoms with Crippen molar-refractivity contribution in [3.63, 3.8) is 0 Å². The number of morpholine rings is 1. The number of benzene rings is 2. The van der Waals surface area contributed by atoms with Crippen LogP contribution >= 0.6 is 11.3 Å². The Morgan fingerprint density at radius 2 is 1.76 bits per heavy atom. The molecular weight excluding hydrogens is 472 g/mol. The summed E-state index contributed by atoms with van der Waals surface area (Å²) in [5, 5.41) is 5.31. The fourth-order valence-electron chi connectivity index (χ4n) is 3.75. The number of halogens is 2. The van der Waals surface area contributed by atoms with Gasteiger partial charge < -0.3 is 9.64 Å². The highest BCUT2D eigenvalue weighted by Crippen LogP contribution is 2.39. The minimum absolute atomic E-state index is 0.0286. The summed E-state index contributed by atoms with van der Waals surface area (Å²) in [5.74, 6) is -1.88. The normalized spacial score (nSPS) is 19.0. The number of aromatic nitrogens is 1. The Labute approximate surface area is 193 Å². The molecule has 2 aromatic carbocycles. The summed E-state index contributed by atoms with van der Waals surface area (Å²) >= 11 is 1.05. The summed E-state index contributed by atoms with van der Waals surface area (Å²) < 4.78 is 57.0. The zero-order chi connectivity index (χ0) is 23.9. The van der Waals surface area contributed by atoms with Gasteiger partial charge in [-0.3, -0.25) is 4.79 Å². The van der Waals surface area contributed by atoms with Gasteiger partial charge in [0, 0.05) is 24.7 Å². The Hall–Kier alpha value is -2.73. The molecule has 1 aromatic heterocycles. The number of carbonyl (C=O) groups is 1. The molecule has 2 atom stereocenters. The number of nitrogens with two attached hydrogens (primary N) is 1. The lowest BCUT2D eigenvalue weighted by atomic mass is 10.1. The van der Waals surface area contributed by atoms with Crippen molar-refractivity contribution in [1.82, 2.24) is 9.88 Å². The molecule has 0 bridgehead atoms. The standard InChI is InChI=1S/C22H21F2N3O4S2/c1-12-10-27(11-13(2)31-12)22(28)21-26-19(17-8-5-15(23)9-18(17)24)20(32-21)14-3-6-16(7-4-14)33(25,29)30/h3-9,12-13H,10-11H2,1-2H3,(H2,25,29,30). The number of hydrogen-bond acceptors (Lipinski definition) is 6. The molecule has 1 saturated heterocycles. The van der Waals surface area contributed by atoms with Crippen LogP contribution in [0.1, 0.15) is 23.6 Å². The number of rotatable bonds is 4. The Kier molecular flexibility index (Phi) is 6.32. The second-order valence-corrected chi connectivity index (χ2v) is 10.4. The van der Waals surface area contributed by atoms with Crippen LogP contribution in [-0.2, 0) is 14.8 Å². The SMILES string of the molecule is CC1CN(C(=O)c2nc(-c3ccc(F)cc3F)c(-c3ccc(S(N)(=O)=O)cc3)s2)CC(C)O1. The minimum atomic E-state index is -3.90. The molecule has 1 fully saturated rings. The topological polar surface area (TPSA) is 103 Å². The monoisotopic (exact) mass is 493 g/mol. The molecule has 0 radical (unpaired) electrons. The number of sulfonamides is 1. The lowest BCUT2D eigenvalue weighted by Crippen LogP contribution is -2.48. The van der Waals surface area contributed by atoms with Gasteiger partial charge in [-0.05, 0) is 43.7 Å². The highest BCUT2D eigenvalue weighted by molar-refractivity contribution is 7.89. The first-order valence-corrected chi connectivity index (χ1v) is 12.4. The zero-order valence-electron chi connectivity index (χ0n) is 17.8. The number of hydrogen-bond donors (Lipinski definition) is 1. The van der Waals surface area contributed by atoms with Crippen molar-refractivity contribution in [2.45, 2.75) is 31.0 Å². The van der Waals surface area contributed by atoms with Crippen molar-refractivity contribution in [2.75, 3.05) is 13.1 Å². The molecule has 33 heavy (non-hydrogen) atoms. The smallest absolute Gasteiger partial charge is 0.283 e. The Bertz CT molecular complexity index is 1300. The van der Waals surface area contributed by atoms with E-state index in [4.69, 9.17) is 9.88 Å². The third-order valence-electron chi connectivity index (χ3n) is 5.15. The number of primary sulfonamides is 1. The molecule has 1 amide bonds. The molecule has 4 rings (SSSR count). The molecule has 11 heteroatoms. The van der Waals surface area contributed by atoms with E-state index >= 15 is 0 Å². The van der Waals surface area contributed by atoms with Crippen molar-refractivity contribution in [3.05, 3.63) is 59.1 Å². The average Bonchev–Trinajstić information content (AvgIpc) is 3.17. The number of nitrogens with zero attached hydrogens (tertiary/aromatic N) is 2. The molecule has 2 unspecified atom stereocenters. The van der Waals surface area contributed by atoms with Crippen molar-refractivity contribution in [3.8, 4) is 21.7 Å². The maximum atomic E-state index is 14.6. The molecule has 1 aliphatic rings.